The minimum Gasteiger partial charge on any atom is -0.325 e. The first kappa shape index (κ1) is 20.7. The molecule has 0 unspecified atom stereocenters. The van der Waals surface area contributed by atoms with Gasteiger partial charge in [-0.1, -0.05) is 59.8 Å². The molecule has 0 fully saturated rings. The number of carbonyl (C=O) groups is 1. The lowest BCUT2D eigenvalue weighted by Gasteiger charge is -2.10. The molecular formula is C22H18ClN3O2S2. The highest BCUT2D eigenvalue weighted by molar-refractivity contribution is 7.99. The standard InChI is InChI=1S/C22H18ClN3O2S2/c1-13-8-9-15(23)10-17(13)24-18(27)12-30-22-25-19-16(14-6-4-3-5-7-14)11-29-20(19)21(28)26(22)2/h3-11H,12H2,1-2H3,(H,24,27). The van der Waals surface area contributed by atoms with Crippen LogP contribution < -0.4 is 10.9 Å². The number of hydrogen-bond donors (Lipinski definition) is 1. The quantitative estimate of drug-likeness (QED) is 0.325. The van der Waals surface area contributed by atoms with Crippen LogP contribution in [0.3, 0.4) is 0 Å². The summed E-state index contributed by atoms with van der Waals surface area (Å²) in [6, 6.07) is 15.2. The molecular weight excluding hydrogens is 438 g/mol. The molecule has 8 heteroatoms. The van der Waals surface area contributed by atoms with E-state index >= 15 is 0 Å². The third kappa shape index (κ3) is 4.14. The second-order valence-corrected chi connectivity index (χ2v) is 9.01. The number of thioether (sulfide) groups is 1. The number of benzene rings is 2. The van der Waals surface area contributed by atoms with Crippen LogP contribution in [-0.2, 0) is 11.8 Å². The molecule has 0 saturated carbocycles. The number of nitrogens with zero attached hydrogens (tertiary/aromatic N) is 2. The highest BCUT2D eigenvalue weighted by atomic mass is 35.5. The molecule has 5 nitrogen and oxygen atoms in total. The van der Waals surface area contributed by atoms with Crippen molar-refractivity contribution in [1.82, 2.24) is 9.55 Å². The summed E-state index contributed by atoms with van der Waals surface area (Å²) in [5.41, 5.74) is 4.09. The number of aromatic nitrogens is 2. The van der Waals surface area contributed by atoms with Gasteiger partial charge < -0.3 is 5.32 Å². The highest BCUT2D eigenvalue weighted by Crippen LogP contribution is 2.32. The molecule has 152 valence electrons. The van der Waals surface area contributed by atoms with E-state index in [1.807, 2.05) is 48.7 Å². The fourth-order valence-corrected chi connectivity index (χ4v) is 4.95. The normalized spacial score (nSPS) is 11.0. The zero-order valence-electron chi connectivity index (χ0n) is 16.3. The first-order valence-corrected chi connectivity index (χ1v) is 11.4. The van der Waals surface area contributed by atoms with Crippen LogP contribution in [0.2, 0.25) is 5.02 Å². The number of hydrogen-bond acceptors (Lipinski definition) is 5. The average molecular weight is 456 g/mol. The van der Waals surface area contributed by atoms with Gasteiger partial charge in [-0.3, -0.25) is 14.2 Å². The Bertz CT molecular complexity index is 1300. The molecule has 0 saturated heterocycles. The maximum Gasteiger partial charge on any atom is 0.271 e. The highest BCUT2D eigenvalue weighted by Gasteiger charge is 2.16. The van der Waals surface area contributed by atoms with Crippen molar-refractivity contribution in [2.75, 3.05) is 11.1 Å². The van der Waals surface area contributed by atoms with Gasteiger partial charge in [-0.2, -0.15) is 0 Å². The molecule has 30 heavy (non-hydrogen) atoms. The van der Waals surface area contributed by atoms with Crippen molar-refractivity contribution in [3.05, 3.63) is 74.9 Å². The summed E-state index contributed by atoms with van der Waals surface area (Å²) >= 11 is 8.64. The smallest absolute Gasteiger partial charge is 0.271 e. The van der Waals surface area contributed by atoms with E-state index in [9.17, 15) is 9.59 Å². The predicted molar refractivity (Wildman–Crippen MR) is 126 cm³/mol. The Labute approximate surface area is 186 Å². The van der Waals surface area contributed by atoms with Gasteiger partial charge in [-0.15, -0.1) is 11.3 Å². The van der Waals surface area contributed by atoms with Gasteiger partial charge in [0.1, 0.15) is 4.70 Å². The number of aryl methyl sites for hydroxylation is 1. The van der Waals surface area contributed by atoms with Gasteiger partial charge in [0.2, 0.25) is 5.91 Å². The number of carbonyl (C=O) groups excluding carboxylic acids is 1. The van der Waals surface area contributed by atoms with E-state index in [1.165, 1.54) is 27.7 Å². The maximum absolute atomic E-state index is 12.8. The number of nitrogens with one attached hydrogen (secondary N) is 1. The van der Waals surface area contributed by atoms with Gasteiger partial charge >= 0.3 is 0 Å². The molecule has 0 atom stereocenters. The van der Waals surface area contributed by atoms with Crippen LogP contribution in [-0.4, -0.2) is 21.2 Å². The molecule has 4 rings (SSSR count). The Morgan fingerprint density at radius 2 is 2.00 bits per heavy atom. The molecule has 0 bridgehead atoms. The number of anilines is 1. The molecule has 0 radical (unpaired) electrons. The SMILES string of the molecule is Cc1ccc(Cl)cc1NC(=O)CSc1nc2c(-c3ccccc3)csc2c(=O)n1C. The van der Waals surface area contributed by atoms with Gasteiger partial charge in [0.15, 0.2) is 5.16 Å². The summed E-state index contributed by atoms with van der Waals surface area (Å²) in [4.78, 5) is 30.0. The van der Waals surface area contributed by atoms with Gasteiger partial charge in [0, 0.05) is 28.7 Å². The topological polar surface area (TPSA) is 64.0 Å². The van der Waals surface area contributed by atoms with Gasteiger partial charge in [-0.25, -0.2) is 4.98 Å². The van der Waals surface area contributed by atoms with Crippen molar-refractivity contribution in [3.8, 4) is 11.1 Å². The monoisotopic (exact) mass is 455 g/mol. The predicted octanol–water partition coefficient (Wildman–Crippen LogP) is 5.35. The lowest BCUT2D eigenvalue weighted by molar-refractivity contribution is -0.113. The van der Waals surface area contributed by atoms with E-state index in [0.717, 1.165) is 16.7 Å². The third-order valence-electron chi connectivity index (χ3n) is 4.65. The molecule has 2 aromatic carbocycles. The van der Waals surface area contributed by atoms with Gasteiger partial charge in [0.05, 0.1) is 11.3 Å². The number of amides is 1. The molecule has 1 amide bonds. The van der Waals surface area contributed by atoms with Crippen molar-refractivity contribution in [1.29, 1.82) is 0 Å². The Kier molecular flexibility index (Phi) is 5.94. The maximum atomic E-state index is 12.8. The Hall–Kier alpha value is -2.61. The molecule has 0 aliphatic heterocycles. The molecule has 4 aromatic rings. The van der Waals surface area contributed by atoms with Crippen molar-refractivity contribution in [2.24, 2.45) is 7.05 Å². The zero-order chi connectivity index (χ0) is 21.3. The second-order valence-electron chi connectivity index (χ2n) is 6.75. The van der Waals surface area contributed by atoms with Gasteiger partial charge in [0.25, 0.3) is 5.56 Å². The van der Waals surface area contributed by atoms with E-state index in [2.05, 4.69) is 5.32 Å². The van der Waals surface area contributed by atoms with Crippen molar-refractivity contribution < 1.29 is 4.79 Å². The molecule has 0 spiro atoms. The zero-order valence-corrected chi connectivity index (χ0v) is 18.7. The number of fused-ring (bicyclic) bond motifs is 1. The fourth-order valence-electron chi connectivity index (χ4n) is 3.02. The molecule has 2 aromatic heterocycles. The Balaban J connectivity index is 1.59. The van der Waals surface area contributed by atoms with Gasteiger partial charge in [-0.05, 0) is 30.2 Å². The summed E-state index contributed by atoms with van der Waals surface area (Å²) in [7, 11) is 1.68. The average Bonchev–Trinajstić information content (AvgIpc) is 3.17. The van der Waals surface area contributed by atoms with Crippen LogP contribution in [0.4, 0.5) is 5.69 Å². The van der Waals surface area contributed by atoms with E-state index in [-0.39, 0.29) is 17.2 Å². The number of thiophene rings is 1. The molecule has 0 aliphatic carbocycles. The number of rotatable bonds is 5. The molecule has 0 aliphatic rings. The summed E-state index contributed by atoms with van der Waals surface area (Å²) in [5, 5.41) is 5.88. The van der Waals surface area contributed by atoms with Crippen molar-refractivity contribution in [3.63, 3.8) is 0 Å². The van der Waals surface area contributed by atoms with Crippen LogP contribution in [0.15, 0.2) is 63.9 Å². The summed E-state index contributed by atoms with van der Waals surface area (Å²) in [5.74, 6) is -0.0592. The number of halogens is 1. The second kappa shape index (κ2) is 8.63. The van der Waals surface area contributed by atoms with Crippen LogP contribution in [0.1, 0.15) is 5.56 Å². The van der Waals surface area contributed by atoms with Crippen molar-refractivity contribution in [2.45, 2.75) is 12.1 Å². The largest absolute Gasteiger partial charge is 0.325 e. The van der Waals surface area contributed by atoms with Crippen LogP contribution in [0.25, 0.3) is 21.3 Å². The summed E-state index contributed by atoms with van der Waals surface area (Å²) in [6.07, 6.45) is 0. The Morgan fingerprint density at radius 3 is 2.77 bits per heavy atom. The summed E-state index contributed by atoms with van der Waals surface area (Å²) < 4.78 is 2.11. The van der Waals surface area contributed by atoms with E-state index < -0.39 is 0 Å². The first-order valence-electron chi connectivity index (χ1n) is 9.16. The lowest BCUT2D eigenvalue weighted by atomic mass is 10.1. The molecule has 1 N–H and O–H groups in total. The minimum absolute atomic E-state index is 0.110. The third-order valence-corrected chi connectivity index (χ3v) is 6.87. The van der Waals surface area contributed by atoms with Crippen molar-refractivity contribution >= 4 is 56.5 Å². The van der Waals surface area contributed by atoms with E-state index in [0.29, 0.717) is 26.1 Å². The summed E-state index contributed by atoms with van der Waals surface area (Å²) in [6.45, 7) is 1.90. The fraction of sp³-hybridized carbons (Fsp3) is 0.136. The van der Waals surface area contributed by atoms with Crippen LogP contribution >= 0.6 is 34.7 Å². The van der Waals surface area contributed by atoms with Crippen LogP contribution in [0.5, 0.6) is 0 Å². The minimum atomic E-state index is -0.187. The molecule has 2 heterocycles. The first-order chi connectivity index (χ1) is 14.4. The lowest BCUT2D eigenvalue weighted by Crippen LogP contribution is -2.21. The Morgan fingerprint density at radius 1 is 1.23 bits per heavy atom. The van der Waals surface area contributed by atoms with E-state index in [1.54, 1.807) is 19.2 Å². The van der Waals surface area contributed by atoms with E-state index in [4.69, 9.17) is 16.6 Å². The van der Waals surface area contributed by atoms with Crippen LogP contribution in [0, 0.1) is 6.92 Å².